The molecule has 0 aliphatic carbocycles. The highest BCUT2D eigenvalue weighted by Gasteiger charge is 2.22. The largest absolute Gasteiger partial charge is 0.506 e. The Kier molecular flexibility index (Phi) is 3.71. The van der Waals surface area contributed by atoms with Crippen molar-refractivity contribution in [3.63, 3.8) is 0 Å². The fourth-order valence-corrected chi connectivity index (χ4v) is 3.10. The number of aromatic hydroxyl groups is 1. The molecule has 0 saturated carbocycles. The molecule has 0 aliphatic rings. The second-order valence-electron chi connectivity index (χ2n) is 5.95. The van der Waals surface area contributed by atoms with E-state index in [1.165, 1.54) is 12.3 Å². The van der Waals surface area contributed by atoms with E-state index < -0.39 is 10.0 Å². The molecular formula is C14H19N3O3S. The molecule has 1 aromatic heterocycles. The monoisotopic (exact) mass is 309 g/mol. The zero-order valence-corrected chi connectivity index (χ0v) is 13.2. The van der Waals surface area contributed by atoms with Crippen LogP contribution in [0.4, 0.5) is 5.69 Å². The molecule has 0 atom stereocenters. The Morgan fingerprint density at radius 3 is 2.48 bits per heavy atom. The molecule has 1 aromatic carbocycles. The van der Waals surface area contributed by atoms with Gasteiger partial charge in [0, 0.05) is 0 Å². The Morgan fingerprint density at radius 1 is 1.29 bits per heavy atom. The molecule has 2 aromatic rings. The third kappa shape index (κ3) is 3.18. The first kappa shape index (κ1) is 15.4. The Labute approximate surface area is 124 Å². The molecule has 1 heterocycles. The molecule has 0 aliphatic heterocycles. The number of hydrogen-bond acceptors (Lipinski definition) is 4. The van der Waals surface area contributed by atoms with Gasteiger partial charge in [-0.15, -0.1) is 0 Å². The number of sulfonamides is 1. The number of phenols is 1. The Balaban J connectivity index is 2.42. The van der Waals surface area contributed by atoms with E-state index in [2.05, 4.69) is 14.9 Å². The van der Waals surface area contributed by atoms with Crippen molar-refractivity contribution in [3.8, 4) is 5.75 Å². The van der Waals surface area contributed by atoms with Crippen molar-refractivity contribution in [3.05, 3.63) is 35.7 Å². The molecule has 0 bridgehead atoms. The molecule has 0 radical (unpaired) electrons. The number of phenolic OH excluding ortho intramolecular Hbond substituents is 1. The maximum absolute atomic E-state index is 12.3. The molecule has 2 rings (SSSR count). The van der Waals surface area contributed by atoms with Crippen molar-refractivity contribution in [1.29, 1.82) is 0 Å². The van der Waals surface area contributed by atoms with Crippen LogP contribution in [0.1, 0.15) is 32.0 Å². The van der Waals surface area contributed by atoms with Crippen molar-refractivity contribution >= 4 is 15.7 Å². The minimum Gasteiger partial charge on any atom is -0.506 e. The van der Waals surface area contributed by atoms with E-state index in [1.54, 1.807) is 19.1 Å². The number of aromatic nitrogens is 2. The molecule has 6 nitrogen and oxygen atoms in total. The van der Waals surface area contributed by atoms with Crippen LogP contribution in [0.15, 0.2) is 29.3 Å². The summed E-state index contributed by atoms with van der Waals surface area (Å²) in [5, 5.41) is 16.2. The van der Waals surface area contributed by atoms with Crippen LogP contribution in [0.25, 0.3) is 0 Å². The van der Waals surface area contributed by atoms with Crippen LogP contribution in [0, 0.1) is 6.92 Å². The van der Waals surface area contributed by atoms with Gasteiger partial charge >= 0.3 is 0 Å². The van der Waals surface area contributed by atoms with Gasteiger partial charge in [0.15, 0.2) is 0 Å². The molecule has 7 heteroatoms. The van der Waals surface area contributed by atoms with Crippen molar-refractivity contribution in [2.24, 2.45) is 0 Å². The standard InChI is InChI=1S/C14H19N3O3S/c1-9-13(8-15-16-9)21(19,20)17-11-7-10(14(2,3)4)5-6-12(11)18/h5-8,17-18H,1-4H3,(H,15,16). The average Bonchev–Trinajstić information content (AvgIpc) is 2.77. The van der Waals surface area contributed by atoms with Crippen molar-refractivity contribution in [1.82, 2.24) is 10.2 Å². The fraction of sp³-hybridized carbons (Fsp3) is 0.357. The van der Waals surface area contributed by atoms with Gasteiger partial charge in [0.1, 0.15) is 10.6 Å². The second kappa shape index (κ2) is 5.07. The van der Waals surface area contributed by atoms with Gasteiger partial charge in [-0.2, -0.15) is 5.10 Å². The molecule has 3 N–H and O–H groups in total. The minimum absolute atomic E-state index is 0.0584. The highest BCUT2D eigenvalue weighted by atomic mass is 32.2. The van der Waals surface area contributed by atoms with Crippen LogP contribution in [0.5, 0.6) is 5.75 Å². The normalized spacial score (nSPS) is 12.4. The Hall–Kier alpha value is -2.02. The summed E-state index contributed by atoms with van der Waals surface area (Å²) < 4.78 is 27.0. The number of H-pyrrole nitrogens is 1. The Bertz CT molecular complexity index is 758. The summed E-state index contributed by atoms with van der Waals surface area (Å²) in [6, 6.07) is 4.90. The number of benzene rings is 1. The highest BCUT2D eigenvalue weighted by molar-refractivity contribution is 7.92. The topological polar surface area (TPSA) is 95.1 Å². The quantitative estimate of drug-likeness (QED) is 0.759. The maximum Gasteiger partial charge on any atom is 0.265 e. The highest BCUT2D eigenvalue weighted by Crippen LogP contribution is 2.32. The zero-order valence-electron chi connectivity index (χ0n) is 12.4. The van der Waals surface area contributed by atoms with Crippen molar-refractivity contribution < 1.29 is 13.5 Å². The van der Waals surface area contributed by atoms with E-state index in [9.17, 15) is 13.5 Å². The van der Waals surface area contributed by atoms with Gasteiger partial charge in [0.2, 0.25) is 0 Å². The number of nitrogens with one attached hydrogen (secondary N) is 2. The first-order valence-electron chi connectivity index (χ1n) is 6.47. The number of hydrogen-bond donors (Lipinski definition) is 3. The van der Waals surface area contributed by atoms with Crippen molar-refractivity contribution in [2.75, 3.05) is 4.72 Å². The maximum atomic E-state index is 12.3. The van der Waals surface area contributed by atoms with Gasteiger partial charge in [-0.25, -0.2) is 8.42 Å². The van der Waals surface area contributed by atoms with Crippen LogP contribution in [0.3, 0.4) is 0 Å². The molecule has 114 valence electrons. The first-order chi connectivity index (χ1) is 9.61. The van der Waals surface area contributed by atoms with Gasteiger partial charge in [-0.05, 0) is 30.0 Å². The first-order valence-corrected chi connectivity index (χ1v) is 7.96. The van der Waals surface area contributed by atoms with E-state index >= 15 is 0 Å². The molecule has 0 saturated heterocycles. The number of aromatic amines is 1. The van der Waals surface area contributed by atoms with Crippen LogP contribution in [-0.4, -0.2) is 23.7 Å². The van der Waals surface area contributed by atoms with Gasteiger partial charge in [-0.1, -0.05) is 26.8 Å². The summed E-state index contributed by atoms with van der Waals surface area (Å²) in [5.74, 6) is -0.118. The number of nitrogens with zero attached hydrogens (tertiary/aromatic N) is 1. The summed E-state index contributed by atoms with van der Waals surface area (Å²) in [6.07, 6.45) is 1.24. The predicted molar refractivity (Wildman–Crippen MR) is 80.9 cm³/mol. The predicted octanol–water partition coefficient (Wildman–Crippen LogP) is 2.52. The van der Waals surface area contributed by atoms with Gasteiger partial charge < -0.3 is 5.11 Å². The van der Waals surface area contributed by atoms with E-state index in [0.29, 0.717) is 5.69 Å². The summed E-state index contributed by atoms with van der Waals surface area (Å²) >= 11 is 0. The van der Waals surface area contributed by atoms with E-state index in [4.69, 9.17) is 0 Å². The molecule has 21 heavy (non-hydrogen) atoms. The lowest BCUT2D eigenvalue weighted by atomic mass is 9.87. The van der Waals surface area contributed by atoms with Crippen LogP contribution in [-0.2, 0) is 15.4 Å². The van der Waals surface area contributed by atoms with E-state index in [0.717, 1.165) is 5.56 Å². The SMILES string of the molecule is Cc1[nH]ncc1S(=O)(=O)Nc1cc(C(C)(C)C)ccc1O. The number of rotatable bonds is 3. The minimum atomic E-state index is -3.79. The van der Waals surface area contributed by atoms with E-state index in [-0.39, 0.29) is 21.7 Å². The summed E-state index contributed by atoms with van der Waals surface area (Å²) in [5.41, 5.74) is 1.36. The van der Waals surface area contributed by atoms with E-state index in [1.807, 2.05) is 20.8 Å². The van der Waals surface area contributed by atoms with Gasteiger partial charge in [0.25, 0.3) is 10.0 Å². The lowest BCUT2D eigenvalue weighted by molar-refractivity contribution is 0.476. The smallest absolute Gasteiger partial charge is 0.265 e. The molecule has 0 unspecified atom stereocenters. The third-order valence-electron chi connectivity index (χ3n) is 3.18. The Morgan fingerprint density at radius 2 is 1.95 bits per heavy atom. The second-order valence-corrected chi connectivity index (χ2v) is 7.60. The molecular weight excluding hydrogens is 290 g/mol. The zero-order chi connectivity index (χ0) is 15.8. The summed E-state index contributed by atoms with van der Waals surface area (Å²) in [7, 11) is -3.79. The van der Waals surface area contributed by atoms with Crippen LogP contribution >= 0.6 is 0 Å². The molecule has 0 fully saturated rings. The van der Waals surface area contributed by atoms with Crippen LogP contribution in [0.2, 0.25) is 0 Å². The average molecular weight is 309 g/mol. The molecule has 0 amide bonds. The van der Waals surface area contributed by atoms with Crippen LogP contribution < -0.4 is 4.72 Å². The summed E-state index contributed by atoms with van der Waals surface area (Å²) in [4.78, 5) is 0.0584. The fourth-order valence-electron chi connectivity index (χ4n) is 1.89. The lowest BCUT2D eigenvalue weighted by Gasteiger charge is -2.20. The van der Waals surface area contributed by atoms with Gasteiger partial charge in [-0.3, -0.25) is 9.82 Å². The lowest BCUT2D eigenvalue weighted by Crippen LogP contribution is -2.15. The van der Waals surface area contributed by atoms with Gasteiger partial charge in [0.05, 0.1) is 17.6 Å². The van der Waals surface area contributed by atoms with Crippen molar-refractivity contribution in [2.45, 2.75) is 38.0 Å². The molecule has 0 spiro atoms. The third-order valence-corrected chi connectivity index (χ3v) is 4.66. The number of anilines is 1. The summed E-state index contributed by atoms with van der Waals surface area (Å²) in [6.45, 7) is 7.65. The number of aryl methyl sites for hydroxylation is 1.